The van der Waals surface area contributed by atoms with Gasteiger partial charge >= 0.3 is 0 Å². The summed E-state index contributed by atoms with van der Waals surface area (Å²) in [4.78, 5) is 23.5. The Balaban J connectivity index is 1.92. The standard InChI is InChI=1S/C19H19FN2O5/c1-26-14-8-9-16(22(24)25)15(11-14)19(23)21-18(17-3-2-10-27-17)12-4-6-13(20)7-5-12/h4-9,11,17-18H,2-3,10H2,1H3,(H,21,23)/t17-,18+/m0/s1. The smallest absolute Gasteiger partial charge is 0.282 e. The van der Waals surface area contributed by atoms with Gasteiger partial charge in [-0.2, -0.15) is 0 Å². The number of nitrogens with zero attached hydrogens (tertiary/aromatic N) is 1. The molecule has 2 aromatic carbocycles. The highest BCUT2D eigenvalue weighted by Crippen LogP contribution is 2.29. The molecule has 1 aliphatic heterocycles. The van der Waals surface area contributed by atoms with E-state index in [1.807, 2.05) is 0 Å². The van der Waals surface area contributed by atoms with Crippen LogP contribution >= 0.6 is 0 Å². The first-order valence-electron chi connectivity index (χ1n) is 8.50. The van der Waals surface area contributed by atoms with Gasteiger partial charge in [-0.15, -0.1) is 0 Å². The summed E-state index contributed by atoms with van der Waals surface area (Å²) < 4.78 is 24.0. The molecule has 0 spiro atoms. The second-order valence-corrected chi connectivity index (χ2v) is 6.19. The number of nitro groups is 1. The molecule has 1 N–H and O–H groups in total. The molecule has 0 aliphatic carbocycles. The van der Waals surface area contributed by atoms with Gasteiger partial charge in [0.2, 0.25) is 0 Å². The minimum atomic E-state index is -0.620. The molecule has 0 unspecified atom stereocenters. The largest absolute Gasteiger partial charge is 0.497 e. The number of hydrogen-bond acceptors (Lipinski definition) is 5. The number of benzene rings is 2. The topological polar surface area (TPSA) is 90.7 Å². The Labute approximate surface area is 155 Å². The first-order valence-corrected chi connectivity index (χ1v) is 8.50. The van der Waals surface area contributed by atoms with Gasteiger partial charge in [-0.05, 0) is 42.7 Å². The summed E-state index contributed by atoms with van der Waals surface area (Å²) in [6.07, 6.45) is 1.28. The SMILES string of the molecule is COc1ccc([N+](=O)[O-])c(C(=O)N[C@H](c2ccc(F)cc2)[C@@H]2CCCO2)c1. The van der Waals surface area contributed by atoms with Crippen molar-refractivity contribution >= 4 is 11.6 Å². The molecule has 7 nitrogen and oxygen atoms in total. The number of carbonyl (C=O) groups excluding carboxylic acids is 1. The molecule has 0 radical (unpaired) electrons. The molecule has 142 valence electrons. The number of carbonyl (C=O) groups is 1. The third-order valence-electron chi connectivity index (χ3n) is 4.50. The second kappa shape index (κ2) is 8.13. The number of amides is 1. The predicted molar refractivity (Wildman–Crippen MR) is 95.2 cm³/mol. The van der Waals surface area contributed by atoms with Crippen molar-refractivity contribution in [1.82, 2.24) is 5.32 Å². The van der Waals surface area contributed by atoms with E-state index < -0.39 is 16.9 Å². The second-order valence-electron chi connectivity index (χ2n) is 6.19. The van der Waals surface area contributed by atoms with Gasteiger partial charge in [-0.1, -0.05) is 12.1 Å². The van der Waals surface area contributed by atoms with Crippen LogP contribution in [0.1, 0.15) is 34.8 Å². The number of nitro benzene ring substituents is 1. The summed E-state index contributed by atoms with van der Waals surface area (Å²) in [5, 5.41) is 14.1. The Kier molecular flexibility index (Phi) is 5.66. The van der Waals surface area contributed by atoms with E-state index in [1.165, 1.54) is 37.4 Å². The molecule has 1 aliphatic rings. The van der Waals surface area contributed by atoms with Crippen molar-refractivity contribution in [2.24, 2.45) is 0 Å². The number of nitrogens with one attached hydrogen (secondary N) is 1. The quantitative estimate of drug-likeness (QED) is 0.618. The normalized spacial score (nSPS) is 17.3. The van der Waals surface area contributed by atoms with Crippen LogP contribution in [-0.2, 0) is 4.74 Å². The van der Waals surface area contributed by atoms with Gasteiger partial charge in [0.05, 0.1) is 24.2 Å². The Morgan fingerprint density at radius 2 is 2.07 bits per heavy atom. The summed E-state index contributed by atoms with van der Waals surface area (Å²) in [5.41, 5.74) is 0.241. The van der Waals surface area contributed by atoms with Crippen LogP contribution in [0.2, 0.25) is 0 Å². The zero-order valence-electron chi connectivity index (χ0n) is 14.7. The predicted octanol–water partition coefficient (Wildman–Crippen LogP) is 3.39. The van der Waals surface area contributed by atoms with Crippen LogP contribution in [0.15, 0.2) is 42.5 Å². The van der Waals surface area contributed by atoms with Crippen LogP contribution in [0.25, 0.3) is 0 Å². The average molecular weight is 374 g/mol. The van der Waals surface area contributed by atoms with E-state index in [1.54, 1.807) is 12.1 Å². The van der Waals surface area contributed by atoms with Gasteiger partial charge in [-0.25, -0.2) is 4.39 Å². The van der Waals surface area contributed by atoms with Gasteiger partial charge in [0, 0.05) is 12.7 Å². The molecule has 27 heavy (non-hydrogen) atoms. The Bertz CT molecular complexity index is 834. The Hall–Kier alpha value is -3.00. The van der Waals surface area contributed by atoms with E-state index in [-0.39, 0.29) is 23.2 Å². The minimum absolute atomic E-state index is 0.107. The fourth-order valence-electron chi connectivity index (χ4n) is 3.13. The van der Waals surface area contributed by atoms with Gasteiger partial charge < -0.3 is 14.8 Å². The van der Waals surface area contributed by atoms with Gasteiger partial charge in [-0.3, -0.25) is 14.9 Å². The van der Waals surface area contributed by atoms with Crippen LogP contribution in [0.3, 0.4) is 0 Å². The Morgan fingerprint density at radius 1 is 1.33 bits per heavy atom. The molecule has 1 amide bonds. The lowest BCUT2D eigenvalue weighted by Gasteiger charge is -2.25. The number of rotatable bonds is 6. The molecule has 0 aromatic heterocycles. The summed E-state index contributed by atoms with van der Waals surface area (Å²) in [5.74, 6) is -0.675. The van der Waals surface area contributed by atoms with Crippen molar-refractivity contribution in [2.45, 2.75) is 25.0 Å². The van der Waals surface area contributed by atoms with Crippen LogP contribution in [0.4, 0.5) is 10.1 Å². The molecule has 8 heteroatoms. The first kappa shape index (κ1) is 18.8. The van der Waals surface area contributed by atoms with Crippen molar-refractivity contribution in [3.63, 3.8) is 0 Å². The van der Waals surface area contributed by atoms with Crippen LogP contribution in [0.5, 0.6) is 5.75 Å². The lowest BCUT2D eigenvalue weighted by atomic mass is 9.98. The lowest BCUT2D eigenvalue weighted by Crippen LogP contribution is -2.36. The van der Waals surface area contributed by atoms with Crippen LogP contribution < -0.4 is 10.1 Å². The zero-order chi connectivity index (χ0) is 19.4. The summed E-state index contributed by atoms with van der Waals surface area (Å²) in [6.45, 7) is 0.567. The number of ether oxygens (including phenoxy) is 2. The van der Waals surface area contributed by atoms with Crippen molar-refractivity contribution in [2.75, 3.05) is 13.7 Å². The summed E-state index contributed by atoms with van der Waals surface area (Å²) >= 11 is 0. The third kappa shape index (κ3) is 4.22. The molecule has 1 heterocycles. The summed E-state index contributed by atoms with van der Waals surface area (Å²) in [6, 6.07) is 9.18. The molecule has 2 atom stereocenters. The van der Waals surface area contributed by atoms with Crippen molar-refractivity contribution < 1.29 is 23.6 Å². The molecule has 1 saturated heterocycles. The minimum Gasteiger partial charge on any atom is -0.497 e. The molecule has 0 bridgehead atoms. The van der Waals surface area contributed by atoms with E-state index in [4.69, 9.17) is 9.47 Å². The average Bonchev–Trinajstić information content (AvgIpc) is 3.20. The van der Waals surface area contributed by atoms with Gasteiger partial charge in [0.1, 0.15) is 17.1 Å². The molecular weight excluding hydrogens is 355 g/mol. The number of halogens is 1. The highest BCUT2D eigenvalue weighted by atomic mass is 19.1. The molecule has 2 aromatic rings. The van der Waals surface area contributed by atoms with Gasteiger partial charge in [0.15, 0.2) is 0 Å². The molecule has 1 fully saturated rings. The zero-order valence-corrected chi connectivity index (χ0v) is 14.7. The fourth-order valence-corrected chi connectivity index (χ4v) is 3.13. The maximum Gasteiger partial charge on any atom is 0.282 e. The monoisotopic (exact) mass is 374 g/mol. The van der Waals surface area contributed by atoms with Gasteiger partial charge in [0.25, 0.3) is 11.6 Å². The molecule has 0 saturated carbocycles. The van der Waals surface area contributed by atoms with E-state index in [0.717, 1.165) is 12.8 Å². The first-order chi connectivity index (χ1) is 13.0. The van der Waals surface area contributed by atoms with E-state index in [0.29, 0.717) is 17.9 Å². The highest BCUT2D eigenvalue weighted by Gasteiger charge is 2.31. The van der Waals surface area contributed by atoms with E-state index in [9.17, 15) is 19.3 Å². The lowest BCUT2D eigenvalue weighted by molar-refractivity contribution is -0.385. The highest BCUT2D eigenvalue weighted by molar-refractivity contribution is 5.98. The number of hydrogen-bond donors (Lipinski definition) is 1. The van der Waals surface area contributed by atoms with E-state index in [2.05, 4.69) is 5.32 Å². The maximum absolute atomic E-state index is 13.3. The molecule has 3 rings (SSSR count). The molecular formula is C19H19FN2O5. The van der Waals surface area contributed by atoms with Crippen LogP contribution in [-0.4, -0.2) is 30.7 Å². The van der Waals surface area contributed by atoms with Crippen molar-refractivity contribution in [1.29, 1.82) is 0 Å². The number of methoxy groups -OCH3 is 1. The van der Waals surface area contributed by atoms with Crippen molar-refractivity contribution in [3.05, 3.63) is 69.5 Å². The fraction of sp³-hybridized carbons (Fsp3) is 0.316. The van der Waals surface area contributed by atoms with E-state index >= 15 is 0 Å². The Morgan fingerprint density at radius 3 is 2.67 bits per heavy atom. The summed E-state index contributed by atoms with van der Waals surface area (Å²) in [7, 11) is 1.41. The third-order valence-corrected chi connectivity index (χ3v) is 4.50. The van der Waals surface area contributed by atoms with Crippen LogP contribution in [0, 0.1) is 15.9 Å². The van der Waals surface area contributed by atoms with Crippen molar-refractivity contribution in [3.8, 4) is 5.75 Å². The maximum atomic E-state index is 13.3.